The van der Waals surface area contributed by atoms with Crippen LogP contribution in [0.2, 0.25) is 0 Å². The summed E-state index contributed by atoms with van der Waals surface area (Å²) in [5.41, 5.74) is -1.24. The molecule has 1 heterocycles. The molecular weight excluding hydrogens is 431 g/mol. The number of aromatic nitrogens is 2. The van der Waals surface area contributed by atoms with Crippen molar-refractivity contribution in [3.63, 3.8) is 0 Å². The number of nitrogens with one attached hydrogen (secondary N) is 2. The Hall–Kier alpha value is -3.89. The van der Waals surface area contributed by atoms with Crippen molar-refractivity contribution in [3.8, 4) is 0 Å². The molecule has 0 saturated heterocycles. The second-order valence-electron chi connectivity index (χ2n) is 6.57. The molecule has 11 heteroatoms. The van der Waals surface area contributed by atoms with Crippen LogP contribution >= 0.6 is 0 Å². The van der Waals surface area contributed by atoms with E-state index in [1.807, 2.05) is 0 Å². The zero-order valence-corrected chi connectivity index (χ0v) is 17.0. The Bertz CT molecular complexity index is 1190. The molecular formula is C21H18F3N3O5. The van der Waals surface area contributed by atoms with Crippen molar-refractivity contribution in [1.29, 1.82) is 0 Å². The molecule has 2 N–H and O–H groups in total. The molecule has 0 aliphatic heterocycles. The van der Waals surface area contributed by atoms with Gasteiger partial charge < -0.3 is 19.8 Å². The van der Waals surface area contributed by atoms with Crippen LogP contribution in [0.1, 0.15) is 39.0 Å². The van der Waals surface area contributed by atoms with E-state index in [1.54, 1.807) is 6.92 Å². The summed E-state index contributed by atoms with van der Waals surface area (Å²) in [5.74, 6) is -2.13. The number of alkyl halides is 3. The quantitative estimate of drug-likeness (QED) is 0.555. The molecule has 0 fully saturated rings. The minimum absolute atomic E-state index is 0.0335. The Morgan fingerprint density at radius 3 is 2.50 bits per heavy atom. The second kappa shape index (κ2) is 9.08. The van der Waals surface area contributed by atoms with E-state index in [1.165, 1.54) is 24.3 Å². The summed E-state index contributed by atoms with van der Waals surface area (Å²) < 4.78 is 49.3. The number of carbonyl (C=O) groups excluding carboxylic acids is 3. The Labute approximate surface area is 179 Å². The highest BCUT2D eigenvalue weighted by Gasteiger charge is 2.35. The molecule has 3 rings (SSSR count). The van der Waals surface area contributed by atoms with Crippen LogP contribution in [0.3, 0.4) is 0 Å². The summed E-state index contributed by atoms with van der Waals surface area (Å²) in [6, 6.07) is 6.95. The largest absolute Gasteiger partial charge is 0.466 e. The Morgan fingerprint density at radius 2 is 1.84 bits per heavy atom. The standard InChI is InChI=1S/C21H18F3N3O5/c1-3-32-17(28)10-16-26-15-9-11(8-13(18(15)27-16)20(30)31-2)25-19(29)12-6-4-5-7-14(12)21(22,23)24/h4-9H,3,10H2,1-2H3,(H,25,29)(H,26,27). The van der Waals surface area contributed by atoms with Crippen molar-refractivity contribution in [1.82, 2.24) is 9.97 Å². The van der Waals surface area contributed by atoms with E-state index < -0.39 is 35.1 Å². The third-order valence-electron chi connectivity index (χ3n) is 4.39. The van der Waals surface area contributed by atoms with Crippen molar-refractivity contribution >= 4 is 34.6 Å². The number of ether oxygens (including phenoxy) is 2. The second-order valence-corrected chi connectivity index (χ2v) is 6.57. The summed E-state index contributed by atoms with van der Waals surface area (Å²) >= 11 is 0. The molecule has 0 aliphatic carbocycles. The predicted octanol–water partition coefficient (Wildman–Crippen LogP) is 3.73. The van der Waals surface area contributed by atoms with Crippen LogP contribution in [0, 0.1) is 0 Å². The molecule has 8 nitrogen and oxygen atoms in total. The fourth-order valence-corrected chi connectivity index (χ4v) is 3.07. The average molecular weight is 449 g/mol. The molecule has 1 aromatic heterocycles. The number of imidazole rings is 1. The molecule has 168 valence electrons. The number of anilines is 1. The van der Waals surface area contributed by atoms with Gasteiger partial charge in [0, 0.05) is 5.69 Å². The summed E-state index contributed by atoms with van der Waals surface area (Å²) in [5, 5.41) is 2.37. The van der Waals surface area contributed by atoms with E-state index in [9.17, 15) is 27.6 Å². The van der Waals surface area contributed by atoms with Crippen LogP contribution < -0.4 is 5.32 Å². The van der Waals surface area contributed by atoms with E-state index in [0.717, 1.165) is 19.2 Å². The van der Waals surface area contributed by atoms with Crippen LogP contribution in [0.5, 0.6) is 0 Å². The van der Waals surface area contributed by atoms with Gasteiger partial charge in [0.05, 0.1) is 35.9 Å². The fraction of sp³-hybridized carbons (Fsp3) is 0.238. The lowest BCUT2D eigenvalue weighted by Crippen LogP contribution is -2.19. The maximum Gasteiger partial charge on any atom is 0.417 e. The smallest absolute Gasteiger partial charge is 0.417 e. The van der Waals surface area contributed by atoms with Crippen molar-refractivity contribution in [2.24, 2.45) is 0 Å². The van der Waals surface area contributed by atoms with Gasteiger partial charge in [0.25, 0.3) is 5.91 Å². The van der Waals surface area contributed by atoms with Crippen LogP contribution in [0.25, 0.3) is 11.0 Å². The summed E-state index contributed by atoms with van der Waals surface area (Å²) in [6.45, 7) is 1.83. The number of carbonyl (C=O) groups is 3. The maximum absolute atomic E-state index is 13.2. The van der Waals surface area contributed by atoms with Gasteiger partial charge in [0.15, 0.2) is 0 Å². The molecule has 0 unspecified atom stereocenters. The van der Waals surface area contributed by atoms with Gasteiger partial charge in [-0.1, -0.05) is 12.1 Å². The molecule has 2 aromatic carbocycles. The fourth-order valence-electron chi connectivity index (χ4n) is 3.07. The Kier molecular flexibility index (Phi) is 6.47. The molecule has 32 heavy (non-hydrogen) atoms. The first-order valence-electron chi connectivity index (χ1n) is 9.38. The highest BCUT2D eigenvalue weighted by molar-refractivity contribution is 6.09. The van der Waals surface area contributed by atoms with Gasteiger partial charge in [-0.25, -0.2) is 9.78 Å². The average Bonchev–Trinajstić information content (AvgIpc) is 3.14. The highest BCUT2D eigenvalue weighted by Crippen LogP contribution is 2.32. The number of nitrogens with zero attached hydrogens (tertiary/aromatic N) is 1. The summed E-state index contributed by atoms with van der Waals surface area (Å²) in [6.07, 6.45) is -4.91. The molecule has 0 atom stereocenters. The van der Waals surface area contributed by atoms with Gasteiger partial charge in [-0.3, -0.25) is 9.59 Å². The van der Waals surface area contributed by atoms with Gasteiger partial charge >= 0.3 is 18.1 Å². The topological polar surface area (TPSA) is 110 Å². The van der Waals surface area contributed by atoms with E-state index in [2.05, 4.69) is 15.3 Å². The predicted molar refractivity (Wildman–Crippen MR) is 107 cm³/mol. The number of methoxy groups -OCH3 is 1. The molecule has 0 spiro atoms. The van der Waals surface area contributed by atoms with Gasteiger partial charge in [-0.05, 0) is 31.2 Å². The number of benzene rings is 2. The van der Waals surface area contributed by atoms with Gasteiger partial charge in [0.1, 0.15) is 17.8 Å². The van der Waals surface area contributed by atoms with Crippen LogP contribution in [0.4, 0.5) is 18.9 Å². The van der Waals surface area contributed by atoms with Crippen molar-refractivity contribution in [2.45, 2.75) is 19.5 Å². The van der Waals surface area contributed by atoms with Gasteiger partial charge in [0.2, 0.25) is 0 Å². The number of fused-ring (bicyclic) bond motifs is 1. The summed E-state index contributed by atoms with van der Waals surface area (Å²) in [7, 11) is 1.14. The zero-order chi connectivity index (χ0) is 23.5. The van der Waals surface area contributed by atoms with Crippen molar-refractivity contribution in [2.75, 3.05) is 19.0 Å². The lowest BCUT2D eigenvalue weighted by atomic mass is 10.1. The van der Waals surface area contributed by atoms with E-state index in [0.29, 0.717) is 0 Å². The molecule has 0 bridgehead atoms. The molecule has 3 aromatic rings. The van der Waals surface area contributed by atoms with E-state index in [-0.39, 0.29) is 41.1 Å². The van der Waals surface area contributed by atoms with Gasteiger partial charge in [-0.2, -0.15) is 13.2 Å². The minimum atomic E-state index is -4.72. The maximum atomic E-state index is 13.2. The lowest BCUT2D eigenvalue weighted by Gasteiger charge is -2.13. The lowest BCUT2D eigenvalue weighted by molar-refractivity contribution is -0.142. The van der Waals surface area contributed by atoms with E-state index >= 15 is 0 Å². The third kappa shape index (κ3) is 4.88. The van der Waals surface area contributed by atoms with Crippen molar-refractivity contribution in [3.05, 3.63) is 58.9 Å². The number of esters is 2. The highest BCUT2D eigenvalue weighted by atomic mass is 19.4. The Balaban J connectivity index is 1.99. The van der Waals surface area contributed by atoms with Crippen molar-refractivity contribution < 1.29 is 37.0 Å². The first-order chi connectivity index (χ1) is 15.1. The molecule has 1 amide bonds. The van der Waals surface area contributed by atoms with Crippen LogP contribution in [-0.2, 0) is 26.9 Å². The first kappa shape index (κ1) is 22.8. The number of halogens is 3. The third-order valence-corrected chi connectivity index (χ3v) is 4.39. The van der Waals surface area contributed by atoms with E-state index in [4.69, 9.17) is 9.47 Å². The monoisotopic (exact) mass is 449 g/mol. The normalized spacial score (nSPS) is 11.3. The SMILES string of the molecule is CCOC(=O)Cc1nc2c(C(=O)OC)cc(NC(=O)c3ccccc3C(F)(F)F)cc2[nH]1. The Morgan fingerprint density at radius 1 is 1.12 bits per heavy atom. The molecule has 0 aliphatic rings. The zero-order valence-electron chi connectivity index (χ0n) is 17.0. The first-order valence-corrected chi connectivity index (χ1v) is 9.38. The number of H-pyrrole nitrogens is 1. The summed E-state index contributed by atoms with van der Waals surface area (Å²) in [4.78, 5) is 43.6. The number of aromatic amines is 1. The number of hydrogen-bond acceptors (Lipinski definition) is 6. The molecule has 0 radical (unpaired) electrons. The molecule has 0 saturated carbocycles. The minimum Gasteiger partial charge on any atom is -0.466 e. The number of amides is 1. The number of hydrogen-bond donors (Lipinski definition) is 2. The van der Waals surface area contributed by atoms with Crippen LogP contribution in [0.15, 0.2) is 36.4 Å². The van der Waals surface area contributed by atoms with Crippen LogP contribution in [-0.4, -0.2) is 41.5 Å². The number of rotatable bonds is 6. The van der Waals surface area contributed by atoms with Gasteiger partial charge in [-0.15, -0.1) is 0 Å².